The van der Waals surface area contributed by atoms with Crippen molar-refractivity contribution in [3.05, 3.63) is 52.5 Å². The molecule has 0 aliphatic heterocycles. The molecular formula is C13H13BrN2O3S. The Balaban J connectivity index is 2.13. The van der Waals surface area contributed by atoms with Crippen LogP contribution in [-0.4, -0.2) is 13.5 Å². The summed E-state index contributed by atoms with van der Waals surface area (Å²) >= 11 is 3.24. The zero-order chi connectivity index (χ0) is 14.8. The number of hydrogen-bond donors (Lipinski definition) is 3. The molecule has 0 bridgehead atoms. The first-order valence-corrected chi connectivity index (χ1v) is 8.04. The predicted octanol–water partition coefficient (Wildman–Crippen LogP) is 2.41. The van der Waals surface area contributed by atoms with Crippen LogP contribution in [0.3, 0.4) is 0 Å². The first-order chi connectivity index (χ1) is 9.36. The second-order valence-electron chi connectivity index (χ2n) is 4.21. The molecule has 106 valence electrons. The van der Waals surface area contributed by atoms with E-state index >= 15 is 0 Å². The normalized spacial score (nSPS) is 11.3. The molecule has 0 aliphatic rings. The summed E-state index contributed by atoms with van der Waals surface area (Å²) in [4.78, 5) is 0.0642. The molecular weight excluding hydrogens is 344 g/mol. The maximum Gasteiger partial charge on any atom is 0.238 e. The summed E-state index contributed by atoms with van der Waals surface area (Å²) in [6.45, 7) is 0.493. The number of halogens is 1. The minimum absolute atomic E-state index is 0.0642. The molecule has 2 aromatic rings. The zero-order valence-corrected chi connectivity index (χ0v) is 12.8. The first kappa shape index (κ1) is 14.8. The van der Waals surface area contributed by atoms with Gasteiger partial charge in [-0.1, -0.05) is 12.1 Å². The van der Waals surface area contributed by atoms with Gasteiger partial charge in [0.25, 0.3) is 0 Å². The van der Waals surface area contributed by atoms with Crippen molar-refractivity contribution in [1.29, 1.82) is 0 Å². The van der Waals surface area contributed by atoms with Crippen molar-refractivity contribution in [2.24, 2.45) is 5.14 Å². The van der Waals surface area contributed by atoms with E-state index in [4.69, 9.17) is 5.14 Å². The van der Waals surface area contributed by atoms with Gasteiger partial charge in [0.05, 0.1) is 9.37 Å². The molecule has 0 unspecified atom stereocenters. The van der Waals surface area contributed by atoms with Gasteiger partial charge in [-0.2, -0.15) is 0 Å². The van der Waals surface area contributed by atoms with Gasteiger partial charge in [0.2, 0.25) is 10.0 Å². The maximum absolute atomic E-state index is 11.3. The van der Waals surface area contributed by atoms with Crippen LogP contribution in [-0.2, 0) is 16.6 Å². The van der Waals surface area contributed by atoms with Gasteiger partial charge in [-0.25, -0.2) is 13.6 Å². The molecule has 0 saturated heterocycles. The number of phenols is 1. The van der Waals surface area contributed by atoms with E-state index in [1.807, 2.05) is 0 Å². The third-order valence-electron chi connectivity index (χ3n) is 2.67. The van der Waals surface area contributed by atoms with Crippen LogP contribution in [0.2, 0.25) is 0 Å². The quantitative estimate of drug-likeness (QED) is 0.784. The summed E-state index contributed by atoms with van der Waals surface area (Å²) in [7, 11) is -3.70. The van der Waals surface area contributed by atoms with Crippen LogP contribution in [0, 0.1) is 0 Å². The summed E-state index contributed by atoms with van der Waals surface area (Å²) in [6, 6.07) is 11.4. The molecule has 0 heterocycles. The number of sulfonamides is 1. The smallest absolute Gasteiger partial charge is 0.238 e. The van der Waals surface area contributed by atoms with E-state index in [9.17, 15) is 13.5 Å². The highest BCUT2D eigenvalue weighted by molar-refractivity contribution is 9.10. The van der Waals surface area contributed by atoms with Crippen molar-refractivity contribution < 1.29 is 13.5 Å². The number of phenolic OH excluding ortho intramolecular Hbond substituents is 1. The minimum atomic E-state index is -3.70. The second-order valence-corrected chi connectivity index (χ2v) is 6.63. The number of rotatable bonds is 4. The number of nitrogens with two attached hydrogens (primary N) is 1. The van der Waals surface area contributed by atoms with Gasteiger partial charge in [0.1, 0.15) is 5.75 Å². The highest BCUT2D eigenvalue weighted by atomic mass is 79.9. The van der Waals surface area contributed by atoms with Crippen molar-refractivity contribution >= 4 is 31.6 Å². The number of nitrogens with one attached hydrogen (secondary N) is 1. The van der Waals surface area contributed by atoms with E-state index in [0.717, 1.165) is 5.56 Å². The van der Waals surface area contributed by atoms with Gasteiger partial charge in [0.15, 0.2) is 0 Å². The van der Waals surface area contributed by atoms with E-state index in [2.05, 4.69) is 21.2 Å². The number of primary sulfonamides is 1. The molecule has 4 N–H and O–H groups in total. The Bertz CT molecular complexity index is 732. The molecule has 0 atom stereocenters. The maximum atomic E-state index is 11.3. The fourth-order valence-electron chi connectivity index (χ4n) is 1.65. The van der Waals surface area contributed by atoms with Crippen LogP contribution in [0.15, 0.2) is 51.8 Å². The van der Waals surface area contributed by atoms with Crippen LogP contribution < -0.4 is 10.5 Å². The van der Waals surface area contributed by atoms with Crippen molar-refractivity contribution in [3.8, 4) is 5.75 Å². The first-order valence-electron chi connectivity index (χ1n) is 5.70. The van der Waals surface area contributed by atoms with Gasteiger partial charge in [-0.3, -0.25) is 0 Å². The summed E-state index contributed by atoms with van der Waals surface area (Å²) < 4.78 is 23.1. The fraction of sp³-hybridized carbons (Fsp3) is 0.0769. The Kier molecular flexibility index (Phi) is 4.32. The zero-order valence-electron chi connectivity index (χ0n) is 10.4. The van der Waals surface area contributed by atoms with Gasteiger partial charge in [0, 0.05) is 12.2 Å². The molecule has 0 fully saturated rings. The van der Waals surface area contributed by atoms with E-state index < -0.39 is 10.0 Å². The summed E-state index contributed by atoms with van der Waals surface area (Å²) in [5.74, 6) is 0.171. The molecule has 2 rings (SSSR count). The van der Waals surface area contributed by atoms with E-state index in [0.29, 0.717) is 16.7 Å². The van der Waals surface area contributed by atoms with Crippen molar-refractivity contribution in [3.63, 3.8) is 0 Å². The van der Waals surface area contributed by atoms with Crippen molar-refractivity contribution in [2.75, 3.05) is 5.32 Å². The summed E-state index contributed by atoms with van der Waals surface area (Å²) in [5.41, 5.74) is 1.59. The van der Waals surface area contributed by atoms with Gasteiger partial charge >= 0.3 is 0 Å². The molecule has 0 saturated carbocycles. The molecule has 5 nitrogen and oxygen atoms in total. The topological polar surface area (TPSA) is 92.4 Å². The van der Waals surface area contributed by atoms with E-state index in [1.165, 1.54) is 12.1 Å². The Hall–Kier alpha value is -1.57. The average Bonchev–Trinajstić information content (AvgIpc) is 2.39. The van der Waals surface area contributed by atoms with Gasteiger partial charge in [-0.05, 0) is 51.8 Å². The molecule has 0 radical (unpaired) electrons. The fourth-order valence-corrected chi connectivity index (χ4v) is 2.63. The van der Waals surface area contributed by atoms with Crippen LogP contribution in [0.25, 0.3) is 0 Å². The van der Waals surface area contributed by atoms with Crippen LogP contribution >= 0.6 is 15.9 Å². The van der Waals surface area contributed by atoms with E-state index in [1.54, 1.807) is 30.3 Å². The lowest BCUT2D eigenvalue weighted by Crippen LogP contribution is -2.12. The molecule has 20 heavy (non-hydrogen) atoms. The van der Waals surface area contributed by atoms with E-state index in [-0.39, 0.29) is 10.6 Å². The van der Waals surface area contributed by atoms with Gasteiger partial charge < -0.3 is 10.4 Å². The summed E-state index contributed by atoms with van der Waals surface area (Å²) in [6.07, 6.45) is 0. The van der Waals surface area contributed by atoms with Gasteiger partial charge in [-0.15, -0.1) is 0 Å². The van der Waals surface area contributed by atoms with Crippen LogP contribution in [0.1, 0.15) is 5.56 Å². The van der Waals surface area contributed by atoms with Crippen LogP contribution in [0.4, 0.5) is 5.69 Å². The Morgan fingerprint density at radius 1 is 1.20 bits per heavy atom. The standard InChI is InChI=1S/C13H13BrN2O3S/c14-12-6-9(4-5-13(12)17)8-16-10-2-1-3-11(7-10)20(15,18)19/h1-7,16-17H,8H2,(H2,15,18,19). The Morgan fingerprint density at radius 3 is 2.60 bits per heavy atom. The lowest BCUT2D eigenvalue weighted by Gasteiger charge is -2.08. The second kappa shape index (κ2) is 5.82. The molecule has 2 aromatic carbocycles. The number of benzene rings is 2. The summed E-state index contributed by atoms with van der Waals surface area (Å²) in [5, 5.41) is 17.6. The average molecular weight is 357 g/mol. The largest absolute Gasteiger partial charge is 0.507 e. The Labute approximate surface area is 125 Å². The highest BCUT2D eigenvalue weighted by Gasteiger charge is 2.07. The number of hydrogen-bond acceptors (Lipinski definition) is 4. The monoisotopic (exact) mass is 356 g/mol. The van der Waals surface area contributed by atoms with Crippen molar-refractivity contribution in [1.82, 2.24) is 0 Å². The third-order valence-corrected chi connectivity index (χ3v) is 4.22. The molecule has 0 spiro atoms. The number of aromatic hydroxyl groups is 1. The highest BCUT2D eigenvalue weighted by Crippen LogP contribution is 2.24. The van der Waals surface area contributed by atoms with Crippen molar-refractivity contribution in [2.45, 2.75) is 11.4 Å². The predicted molar refractivity (Wildman–Crippen MR) is 80.9 cm³/mol. The molecule has 0 aromatic heterocycles. The lowest BCUT2D eigenvalue weighted by atomic mass is 10.2. The SMILES string of the molecule is NS(=O)(=O)c1cccc(NCc2ccc(O)c(Br)c2)c1. The third kappa shape index (κ3) is 3.72. The molecule has 0 amide bonds. The minimum Gasteiger partial charge on any atom is -0.507 e. The lowest BCUT2D eigenvalue weighted by molar-refractivity contribution is 0.471. The molecule has 7 heteroatoms. The number of anilines is 1. The Morgan fingerprint density at radius 2 is 1.95 bits per heavy atom. The van der Waals surface area contributed by atoms with Crippen LogP contribution in [0.5, 0.6) is 5.75 Å². The molecule has 0 aliphatic carbocycles.